The second-order valence-corrected chi connectivity index (χ2v) is 4.93. The predicted molar refractivity (Wildman–Crippen MR) is 66.2 cm³/mol. The van der Waals surface area contributed by atoms with Crippen LogP contribution >= 0.6 is 15.9 Å². The van der Waals surface area contributed by atoms with Gasteiger partial charge in [0, 0.05) is 17.6 Å². The summed E-state index contributed by atoms with van der Waals surface area (Å²) in [5.41, 5.74) is 1.26. The highest BCUT2D eigenvalue weighted by Gasteiger charge is 2.21. The third-order valence-electron chi connectivity index (χ3n) is 2.83. The zero-order valence-corrected chi connectivity index (χ0v) is 10.7. The van der Waals surface area contributed by atoms with Crippen molar-refractivity contribution >= 4 is 15.9 Å². The molecule has 1 unspecified atom stereocenters. The first kappa shape index (κ1) is 12.0. The fraction of sp³-hybridized carbons (Fsp3) is 0.500. The first-order valence-electron chi connectivity index (χ1n) is 5.46. The first-order valence-corrected chi connectivity index (χ1v) is 6.26. The Hall–Kier alpha value is -0.420. The SMILES string of the molecule is OCC1COCCN1Cc1cccc(Br)c1. The second-order valence-electron chi connectivity index (χ2n) is 4.01. The normalized spacial score (nSPS) is 22.2. The molecular weight excluding hydrogens is 270 g/mol. The van der Waals surface area contributed by atoms with Crippen LogP contribution in [0.4, 0.5) is 0 Å². The first-order chi connectivity index (χ1) is 7.79. The number of hydrogen-bond acceptors (Lipinski definition) is 3. The number of benzene rings is 1. The quantitative estimate of drug-likeness (QED) is 0.917. The lowest BCUT2D eigenvalue weighted by atomic mass is 10.1. The van der Waals surface area contributed by atoms with Crippen molar-refractivity contribution < 1.29 is 9.84 Å². The van der Waals surface area contributed by atoms with Gasteiger partial charge >= 0.3 is 0 Å². The third-order valence-corrected chi connectivity index (χ3v) is 3.33. The van der Waals surface area contributed by atoms with Crippen molar-refractivity contribution in [2.24, 2.45) is 0 Å². The van der Waals surface area contributed by atoms with Gasteiger partial charge in [0.05, 0.1) is 25.9 Å². The van der Waals surface area contributed by atoms with E-state index in [0.29, 0.717) is 6.61 Å². The number of nitrogens with zero attached hydrogens (tertiary/aromatic N) is 1. The van der Waals surface area contributed by atoms with Crippen molar-refractivity contribution in [1.82, 2.24) is 4.90 Å². The molecule has 0 radical (unpaired) electrons. The van der Waals surface area contributed by atoms with Crippen molar-refractivity contribution in [3.05, 3.63) is 34.3 Å². The molecule has 0 spiro atoms. The summed E-state index contributed by atoms with van der Waals surface area (Å²) in [7, 11) is 0. The number of ether oxygens (including phenoxy) is 1. The zero-order valence-electron chi connectivity index (χ0n) is 9.10. The molecule has 1 saturated heterocycles. The second kappa shape index (κ2) is 5.77. The lowest BCUT2D eigenvalue weighted by molar-refractivity contribution is -0.0312. The molecule has 1 aromatic carbocycles. The van der Waals surface area contributed by atoms with Gasteiger partial charge in [0.1, 0.15) is 0 Å². The van der Waals surface area contributed by atoms with E-state index in [-0.39, 0.29) is 12.6 Å². The van der Waals surface area contributed by atoms with E-state index in [1.807, 2.05) is 12.1 Å². The van der Waals surface area contributed by atoms with Gasteiger partial charge in [-0.05, 0) is 17.7 Å². The molecule has 0 bridgehead atoms. The molecule has 1 aliphatic heterocycles. The van der Waals surface area contributed by atoms with Gasteiger partial charge in [0.15, 0.2) is 0 Å². The van der Waals surface area contributed by atoms with Gasteiger partial charge in [0.25, 0.3) is 0 Å². The maximum atomic E-state index is 9.26. The Kier molecular flexibility index (Phi) is 4.35. The Balaban J connectivity index is 2.02. The van der Waals surface area contributed by atoms with Crippen LogP contribution in [0.1, 0.15) is 5.56 Å². The van der Waals surface area contributed by atoms with Gasteiger partial charge in [-0.2, -0.15) is 0 Å². The van der Waals surface area contributed by atoms with Crippen molar-refractivity contribution in [1.29, 1.82) is 0 Å². The maximum absolute atomic E-state index is 9.26. The summed E-state index contributed by atoms with van der Waals surface area (Å²) < 4.78 is 6.45. The maximum Gasteiger partial charge on any atom is 0.0644 e. The standard InChI is InChI=1S/C12H16BrNO2/c13-11-3-1-2-10(6-11)7-14-4-5-16-9-12(14)8-15/h1-3,6,12,15H,4-5,7-9H2. The third kappa shape index (κ3) is 3.04. The van der Waals surface area contributed by atoms with Gasteiger partial charge in [-0.1, -0.05) is 28.1 Å². The summed E-state index contributed by atoms with van der Waals surface area (Å²) in [6, 6.07) is 8.41. The molecule has 1 N–H and O–H groups in total. The van der Waals surface area contributed by atoms with Gasteiger partial charge < -0.3 is 9.84 Å². The summed E-state index contributed by atoms with van der Waals surface area (Å²) in [6.45, 7) is 3.30. The molecule has 3 nitrogen and oxygen atoms in total. The highest BCUT2D eigenvalue weighted by molar-refractivity contribution is 9.10. The van der Waals surface area contributed by atoms with E-state index in [2.05, 4.69) is 33.0 Å². The van der Waals surface area contributed by atoms with Crippen LogP contribution in [-0.2, 0) is 11.3 Å². The van der Waals surface area contributed by atoms with Crippen LogP contribution < -0.4 is 0 Å². The van der Waals surface area contributed by atoms with Crippen LogP contribution in [0, 0.1) is 0 Å². The summed E-state index contributed by atoms with van der Waals surface area (Å²) in [6.07, 6.45) is 0. The molecule has 1 aliphatic rings. The van der Waals surface area contributed by atoms with Crippen LogP contribution in [0.15, 0.2) is 28.7 Å². The van der Waals surface area contributed by atoms with Gasteiger partial charge in [-0.25, -0.2) is 0 Å². The Morgan fingerprint density at radius 1 is 1.50 bits per heavy atom. The highest BCUT2D eigenvalue weighted by Crippen LogP contribution is 2.16. The van der Waals surface area contributed by atoms with Crippen LogP contribution in [0.25, 0.3) is 0 Å². The Labute approximate surface area is 104 Å². The van der Waals surface area contributed by atoms with Crippen molar-refractivity contribution in [3.63, 3.8) is 0 Å². The average Bonchev–Trinajstić information content (AvgIpc) is 2.30. The van der Waals surface area contributed by atoms with Crippen LogP contribution in [-0.4, -0.2) is 42.4 Å². The molecule has 0 aromatic heterocycles. The molecular formula is C12H16BrNO2. The monoisotopic (exact) mass is 285 g/mol. The van der Waals surface area contributed by atoms with E-state index >= 15 is 0 Å². The fourth-order valence-electron chi connectivity index (χ4n) is 1.94. The lowest BCUT2D eigenvalue weighted by Crippen LogP contribution is -2.46. The van der Waals surface area contributed by atoms with Crippen LogP contribution in [0.2, 0.25) is 0 Å². The number of morpholine rings is 1. The van der Waals surface area contributed by atoms with E-state index in [1.54, 1.807) is 0 Å². The largest absolute Gasteiger partial charge is 0.395 e. The molecule has 0 aliphatic carbocycles. The molecule has 1 atom stereocenters. The van der Waals surface area contributed by atoms with Crippen LogP contribution in [0.5, 0.6) is 0 Å². The number of aliphatic hydroxyl groups is 1. The Morgan fingerprint density at radius 3 is 3.12 bits per heavy atom. The molecule has 1 heterocycles. The summed E-state index contributed by atoms with van der Waals surface area (Å²) in [5.74, 6) is 0. The number of halogens is 1. The van der Waals surface area contributed by atoms with E-state index < -0.39 is 0 Å². The summed E-state index contributed by atoms with van der Waals surface area (Å²) >= 11 is 3.47. The van der Waals surface area contributed by atoms with E-state index in [1.165, 1.54) is 5.56 Å². The predicted octanol–water partition coefficient (Wildman–Crippen LogP) is 1.64. The minimum absolute atomic E-state index is 0.132. The molecule has 16 heavy (non-hydrogen) atoms. The molecule has 4 heteroatoms. The van der Waals surface area contributed by atoms with Crippen molar-refractivity contribution in [3.8, 4) is 0 Å². The molecule has 0 amide bonds. The van der Waals surface area contributed by atoms with Crippen molar-refractivity contribution in [2.75, 3.05) is 26.4 Å². The zero-order chi connectivity index (χ0) is 11.4. The van der Waals surface area contributed by atoms with Gasteiger partial charge in [0.2, 0.25) is 0 Å². The molecule has 88 valence electrons. The number of aliphatic hydroxyl groups excluding tert-OH is 1. The summed E-state index contributed by atoms with van der Waals surface area (Å²) in [4.78, 5) is 2.27. The topological polar surface area (TPSA) is 32.7 Å². The van der Waals surface area contributed by atoms with E-state index in [9.17, 15) is 5.11 Å². The average molecular weight is 286 g/mol. The minimum atomic E-state index is 0.132. The van der Waals surface area contributed by atoms with Gasteiger partial charge in [-0.15, -0.1) is 0 Å². The van der Waals surface area contributed by atoms with Crippen LogP contribution in [0.3, 0.4) is 0 Å². The highest BCUT2D eigenvalue weighted by atomic mass is 79.9. The van der Waals surface area contributed by atoms with E-state index in [4.69, 9.17) is 4.74 Å². The van der Waals surface area contributed by atoms with Gasteiger partial charge in [-0.3, -0.25) is 4.90 Å². The minimum Gasteiger partial charge on any atom is -0.395 e. The fourth-order valence-corrected chi connectivity index (χ4v) is 2.38. The smallest absolute Gasteiger partial charge is 0.0644 e. The Bertz CT molecular complexity index is 346. The Morgan fingerprint density at radius 2 is 2.38 bits per heavy atom. The molecule has 1 fully saturated rings. The summed E-state index contributed by atoms with van der Waals surface area (Å²) in [5, 5.41) is 9.26. The lowest BCUT2D eigenvalue weighted by Gasteiger charge is -2.34. The van der Waals surface area contributed by atoms with E-state index in [0.717, 1.165) is 24.2 Å². The molecule has 0 saturated carbocycles. The molecule has 2 rings (SSSR count). The molecule has 1 aromatic rings. The van der Waals surface area contributed by atoms with Crippen molar-refractivity contribution in [2.45, 2.75) is 12.6 Å². The number of hydrogen-bond donors (Lipinski definition) is 1. The number of rotatable bonds is 3.